The second-order valence-corrected chi connectivity index (χ2v) is 6.87. The second kappa shape index (κ2) is 9.13. The standard InChI is InChI=1S/C12H26O8Si/c1-13-12(14-2,20-21(15-3,16-4)17-5)7-6-8-18-9-11-10-19-11/h11H,6-10H2,1-5H3. The monoisotopic (exact) mass is 326 g/mol. The predicted molar refractivity (Wildman–Crippen MR) is 74.4 cm³/mol. The van der Waals surface area contributed by atoms with Crippen LogP contribution in [0.3, 0.4) is 0 Å². The molecule has 8 nitrogen and oxygen atoms in total. The maximum atomic E-state index is 5.76. The summed E-state index contributed by atoms with van der Waals surface area (Å²) in [6.07, 6.45) is 1.37. The van der Waals surface area contributed by atoms with Crippen molar-refractivity contribution in [3.63, 3.8) is 0 Å². The van der Waals surface area contributed by atoms with E-state index in [1.165, 1.54) is 35.5 Å². The Bertz CT molecular complexity index is 270. The molecule has 0 N–H and O–H groups in total. The topological polar surface area (TPSA) is 77.1 Å². The van der Waals surface area contributed by atoms with E-state index in [2.05, 4.69) is 0 Å². The fraction of sp³-hybridized carbons (Fsp3) is 1.00. The van der Waals surface area contributed by atoms with E-state index in [9.17, 15) is 0 Å². The number of methoxy groups -OCH3 is 2. The molecule has 0 amide bonds. The summed E-state index contributed by atoms with van der Waals surface area (Å²) in [5.74, 6) is -1.30. The molecular formula is C12H26O8Si. The lowest BCUT2D eigenvalue weighted by Gasteiger charge is -2.36. The van der Waals surface area contributed by atoms with Gasteiger partial charge in [-0.2, -0.15) is 0 Å². The second-order valence-electron chi connectivity index (χ2n) is 4.44. The Labute approximate surface area is 127 Å². The van der Waals surface area contributed by atoms with Gasteiger partial charge in [0.2, 0.25) is 0 Å². The van der Waals surface area contributed by atoms with Gasteiger partial charge < -0.3 is 32.2 Å². The Morgan fingerprint density at radius 3 is 2.05 bits per heavy atom. The number of ether oxygens (including phenoxy) is 4. The molecule has 1 saturated heterocycles. The number of hydrogen-bond acceptors (Lipinski definition) is 8. The van der Waals surface area contributed by atoms with E-state index in [4.69, 9.17) is 36.7 Å². The zero-order valence-electron chi connectivity index (χ0n) is 13.4. The van der Waals surface area contributed by atoms with Crippen molar-refractivity contribution in [3.05, 3.63) is 0 Å². The predicted octanol–water partition coefficient (Wildman–Crippen LogP) is 0.520. The van der Waals surface area contributed by atoms with Crippen LogP contribution in [0.25, 0.3) is 0 Å². The van der Waals surface area contributed by atoms with Crippen molar-refractivity contribution in [3.8, 4) is 0 Å². The molecule has 9 heteroatoms. The van der Waals surface area contributed by atoms with Gasteiger partial charge in [0, 0.05) is 48.6 Å². The van der Waals surface area contributed by atoms with E-state index in [0.29, 0.717) is 26.1 Å². The van der Waals surface area contributed by atoms with Crippen LogP contribution in [-0.4, -0.2) is 76.5 Å². The van der Waals surface area contributed by atoms with Crippen molar-refractivity contribution in [1.82, 2.24) is 0 Å². The lowest BCUT2D eigenvalue weighted by atomic mass is 10.3. The van der Waals surface area contributed by atoms with Gasteiger partial charge in [0.05, 0.1) is 13.2 Å². The summed E-state index contributed by atoms with van der Waals surface area (Å²) >= 11 is 0. The molecule has 1 unspecified atom stereocenters. The Kier molecular flexibility index (Phi) is 8.24. The highest BCUT2D eigenvalue weighted by Gasteiger charge is 2.51. The first kappa shape index (κ1) is 18.9. The summed E-state index contributed by atoms with van der Waals surface area (Å²) in [5, 5.41) is 0. The van der Waals surface area contributed by atoms with Gasteiger partial charge in [-0.1, -0.05) is 0 Å². The molecule has 0 bridgehead atoms. The highest BCUT2D eigenvalue weighted by molar-refractivity contribution is 6.53. The molecule has 1 aliphatic heterocycles. The van der Waals surface area contributed by atoms with Crippen molar-refractivity contribution in [1.29, 1.82) is 0 Å². The van der Waals surface area contributed by atoms with Gasteiger partial charge >= 0.3 is 9.05 Å². The van der Waals surface area contributed by atoms with Gasteiger partial charge in [-0.05, 0) is 6.42 Å². The molecule has 1 aliphatic rings. The minimum Gasteiger partial charge on any atom is -0.379 e. The maximum absolute atomic E-state index is 5.76. The molecule has 1 rings (SSSR count). The molecule has 0 aromatic heterocycles. The van der Waals surface area contributed by atoms with E-state index < -0.39 is 15.0 Å². The van der Waals surface area contributed by atoms with E-state index in [1.807, 2.05) is 0 Å². The Morgan fingerprint density at radius 2 is 1.62 bits per heavy atom. The van der Waals surface area contributed by atoms with E-state index in [0.717, 1.165) is 6.61 Å². The van der Waals surface area contributed by atoms with Crippen molar-refractivity contribution >= 4 is 9.05 Å². The van der Waals surface area contributed by atoms with Crippen LogP contribution < -0.4 is 0 Å². The Balaban J connectivity index is 2.46. The zero-order chi connectivity index (χ0) is 15.8. The summed E-state index contributed by atoms with van der Waals surface area (Å²) in [5.41, 5.74) is 0. The smallest absolute Gasteiger partial charge is 0.379 e. The summed E-state index contributed by atoms with van der Waals surface area (Å²) in [7, 11) is 4.05. The zero-order valence-corrected chi connectivity index (χ0v) is 14.4. The number of epoxide rings is 1. The highest BCUT2D eigenvalue weighted by atomic mass is 28.4. The van der Waals surface area contributed by atoms with Crippen LogP contribution >= 0.6 is 0 Å². The van der Waals surface area contributed by atoms with Gasteiger partial charge in [-0.3, -0.25) is 4.43 Å². The molecule has 21 heavy (non-hydrogen) atoms. The molecule has 0 radical (unpaired) electrons. The lowest BCUT2D eigenvalue weighted by Crippen LogP contribution is -2.55. The van der Waals surface area contributed by atoms with E-state index in [-0.39, 0.29) is 6.10 Å². The average molecular weight is 326 g/mol. The summed E-state index contributed by atoms with van der Waals surface area (Å²) < 4.78 is 42.7. The first-order chi connectivity index (χ1) is 10.1. The van der Waals surface area contributed by atoms with E-state index in [1.54, 1.807) is 0 Å². The molecule has 1 atom stereocenters. The van der Waals surface area contributed by atoms with Gasteiger partial charge in [0.25, 0.3) is 5.97 Å². The van der Waals surface area contributed by atoms with Crippen LogP contribution in [0.15, 0.2) is 0 Å². The van der Waals surface area contributed by atoms with Crippen molar-refractivity contribution in [2.45, 2.75) is 24.9 Å². The van der Waals surface area contributed by atoms with E-state index >= 15 is 0 Å². The first-order valence-corrected chi connectivity index (χ1v) is 8.37. The van der Waals surface area contributed by atoms with Crippen LogP contribution in [-0.2, 0) is 36.7 Å². The molecule has 0 aromatic carbocycles. The Hall–Kier alpha value is -0.103. The molecule has 0 spiro atoms. The summed E-state index contributed by atoms with van der Waals surface area (Å²) in [6.45, 7) is 1.95. The molecule has 1 heterocycles. The third kappa shape index (κ3) is 5.89. The number of rotatable bonds is 13. The van der Waals surface area contributed by atoms with Crippen LogP contribution in [0.1, 0.15) is 12.8 Å². The molecule has 126 valence electrons. The van der Waals surface area contributed by atoms with Crippen molar-refractivity contribution < 1.29 is 36.7 Å². The fourth-order valence-corrected chi connectivity index (χ4v) is 3.16. The molecule has 0 saturated carbocycles. The number of hydrogen-bond donors (Lipinski definition) is 0. The van der Waals surface area contributed by atoms with Crippen LogP contribution in [0.2, 0.25) is 0 Å². The minimum atomic E-state index is -3.28. The highest BCUT2D eigenvalue weighted by Crippen LogP contribution is 2.26. The third-order valence-corrected chi connectivity index (χ3v) is 5.19. The Morgan fingerprint density at radius 1 is 1.05 bits per heavy atom. The van der Waals surface area contributed by atoms with Gasteiger partial charge in [-0.25, -0.2) is 0 Å². The first-order valence-electron chi connectivity index (χ1n) is 6.74. The SMILES string of the molecule is COC(CCCOCC1CO1)(OC)O[Si](OC)(OC)OC. The largest absolute Gasteiger partial charge is 0.682 e. The third-order valence-electron chi connectivity index (χ3n) is 3.13. The quantitative estimate of drug-likeness (QED) is 0.210. The van der Waals surface area contributed by atoms with Gasteiger partial charge in [0.1, 0.15) is 6.10 Å². The maximum Gasteiger partial charge on any atom is 0.682 e. The summed E-state index contributed by atoms with van der Waals surface area (Å²) in [4.78, 5) is 0. The average Bonchev–Trinajstić information content (AvgIpc) is 3.35. The fourth-order valence-electron chi connectivity index (χ4n) is 1.76. The van der Waals surface area contributed by atoms with Crippen LogP contribution in [0.5, 0.6) is 0 Å². The summed E-state index contributed by atoms with van der Waals surface area (Å²) in [6, 6.07) is 0. The van der Waals surface area contributed by atoms with Crippen molar-refractivity contribution in [2.24, 2.45) is 0 Å². The van der Waals surface area contributed by atoms with Gasteiger partial charge in [0.15, 0.2) is 0 Å². The molecule has 1 fully saturated rings. The van der Waals surface area contributed by atoms with Gasteiger partial charge in [-0.15, -0.1) is 0 Å². The molecular weight excluding hydrogens is 300 g/mol. The molecule has 0 aliphatic carbocycles. The van der Waals surface area contributed by atoms with Crippen LogP contribution in [0.4, 0.5) is 0 Å². The molecule has 0 aromatic rings. The normalized spacial score (nSPS) is 19.0. The van der Waals surface area contributed by atoms with Crippen molar-refractivity contribution in [2.75, 3.05) is 55.4 Å². The van der Waals surface area contributed by atoms with Crippen LogP contribution in [0, 0.1) is 0 Å². The lowest BCUT2D eigenvalue weighted by molar-refractivity contribution is -0.349. The minimum absolute atomic E-state index is 0.256.